The van der Waals surface area contributed by atoms with Gasteiger partial charge in [-0.05, 0) is 42.7 Å². The first kappa shape index (κ1) is 19.9. The van der Waals surface area contributed by atoms with Crippen LogP contribution in [-0.4, -0.2) is 20.4 Å². The zero-order valence-corrected chi connectivity index (χ0v) is 15.5. The number of benzene rings is 2. The van der Waals surface area contributed by atoms with Crippen LogP contribution in [0.1, 0.15) is 32.3 Å². The van der Waals surface area contributed by atoms with Gasteiger partial charge in [-0.3, -0.25) is 10.2 Å². The van der Waals surface area contributed by atoms with E-state index in [9.17, 15) is 17.6 Å². The Hall–Kier alpha value is -2.45. The number of hydrazine groups is 1. The van der Waals surface area contributed by atoms with Crippen molar-refractivity contribution in [3.63, 3.8) is 0 Å². The number of amides is 1. The van der Waals surface area contributed by atoms with E-state index in [1.807, 2.05) is 18.7 Å². The molecule has 8 heteroatoms. The lowest BCUT2D eigenvalue weighted by Crippen LogP contribution is -2.47. The fourth-order valence-electron chi connectivity index (χ4n) is 2.09. The zero-order valence-electron chi connectivity index (χ0n) is 14.7. The Bertz CT molecular complexity index is 867. The maximum atomic E-state index is 13.5. The normalized spacial score (nSPS) is 12.7. The van der Waals surface area contributed by atoms with E-state index in [2.05, 4.69) is 5.43 Å². The molecule has 0 fully saturated rings. The quantitative estimate of drug-likeness (QED) is 0.724. The smallest absolute Gasteiger partial charge is 0.275 e. The van der Waals surface area contributed by atoms with E-state index >= 15 is 0 Å². The van der Waals surface area contributed by atoms with Crippen molar-refractivity contribution in [3.05, 3.63) is 59.9 Å². The highest BCUT2D eigenvalue weighted by molar-refractivity contribution is 7.89. The molecule has 0 radical (unpaired) electrons. The summed E-state index contributed by atoms with van der Waals surface area (Å²) in [5.74, 6) is -1.19. The fraction of sp³-hybridized carbons (Fsp3) is 0.278. The standard InChI is InChI=1S/C18H21FN2O4S/c1-12(2)14-8-10-15(11-9-14)26(23,24)21-20-18(22)13(3)25-17-7-5-4-6-16(17)19/h4-13,21H,1-3H3,(H,20,22)/t13-/m1/s1. The minimum absolute atomic E-state index is 0.0184. The SMILES string of the molecule is CC(C)c1ccc(S(=O)(=O)NNC(=O)[C@@H](C)Oc2ccccc2F)cc1. The van der Waals surface area contributed by atoms with Crippen molar-refractivity contribution in [2.24, 2.45) is 0 Å². The molecule has 0 saturated carbocycles. The Balaban J connectivity index is 1.97. The first-order valence-corrected chi connectivity index (χ1v) is 9.52. The summed E-state index contributed by atoms with van der Waals surface area (Å²) in [7, 11) is -3.92. The Kier molecular flexibility index (Phi) is 6.33. The maximum absolute atomic E-state index is 13.5. The molecule has 2 aromatic rings. The monoisotopic (exact) mass is 380 g/mol. The van der Waals surface area contributed by atoms with Gasteiger partial charge in [0.05, 0.1) is 4.90 Å². The Morgan fingerprint density at radius 2 is 1.65 bits per heavy atom. The molecule has 2 aromatic carbocycles. The molecule has 0 saturated heterocycles. The van der Waals surface area contributed by atoms with Crippen LogP contribution in [0, 0.1) is 5.82 Å². The predicted octanol–water partition coefficient (Wildman–Crippen LogP) is 2.73. The van der Waals surface area contributed by atoms with Crippen LogP contribution >= 0.6 is 0 Å². The number of carbonyl (C=O) groups is 1. The lowest BCUT2D eigenvalue weighted by atomic mass is 10.0. The van der Waals surface area contributed by atoms with Crippen LogP contribution in [0.2, 0.25) is 0 Å². The number of carbonyl (C=O) groups excluding carboxylic acids is 1. The second-order valence-corrected chi connectivity index (χ2v) is 7.69. The van der Waals surface area contributed by atoms with Crippen molar-refractivity contribution in [1.82, 2.24) is 10.3 Å². The summed E-state index contributed by atoms with van der Waals surface area (Å²) in [6.07, 6.45) is -1.10. The third kappa shape index (κ3) is 5.03. The number of halogens is 1. The topological polar surface area (TPSA) is 84.5 Å². The predicted molar refractivity (Wildman–Crippen MR) is 95.5 cm³/mol. The third-order valence-electron chi connectivity index (χ3n) is 3.68. The van der Waals surface area contributed by atoms with Gasteiger partial charge in [0.1, 0.15) is 0 Å². The van der Waals surface area contributed by atoms with E-state index in [-0.39, 0.29) is 16.6 Å². The van der Waals surface area contributed by atoms with Gasteiger partial charge in [-0.1, -0.05) is 38.1 Å². The van der Waals surface area contributed by atoms with Crippen molar-refractivity contribution >= 4 is 15.9 Å². The van der Waals surface area contributed by atoms with Gasteiger partial charge in [-0.15, -0.1) is 4.83 Å². The first-order valence-electron chi connectivity index (χ1n) is 8.03. The highest BCUT2D eigenvalue weighted by Crippen LogP contribution is 2.18. The molecule has 2 rings (SSSR count). The number of hydrogen-bond acceptors (Lipinski definition) is 4. The Morgan fingerprint density at radius 3 is 2.23 bits per heavy atom. The summed E-state index contributed by atoms with van der Waals surface area (Å²) in [6, 6.07) is 12.0. The summed E-state index contributed by atoms with van der Waals surface area (Å²) < 4.78 is 43.2. The minimum Gasteiger partial charge on any atom is -0.478 e. The molecule has 0 spiro atoms. The summed E-state index contributed by atoms with van der Waals surface area (Å²) in [6.45, 7) is 5.38. The van der Waals surface area contributed by atoms with Crippen LogP contribution in [0.15, 0.2) is 53.4 Å². The Labute approximate surface area is 152 Å². The molecule has 26 heavy (non-hydrogen) atoms. The number of sulfonamides is 1. The number of para-hydroxylation sites is 1. The van der Waals surface area contributed by atoms with Gasteiger partial charge in [0, 0.05) is 0 Å². The van der Waals surface area contributed by atoms with Crippen molar-refractivity contribution in [3.8, 4) is 5.75 Å². The molecular formula is C18H21FN2O4S. The molecule has 0 bridgehead atoms. The molecule has 0 aliphatic heterocycles. The average molecular weight is 380 g/mol. The minimum atomic E-state index is -3.92. The summed E-state index contributed by atoms with van der Waals surface area (Å²) in [4.78, 5) is 14.0. The molecular weight excluding hydrogens is 359 g/mol. The van der Waals surface area contributed by atoms with Gasteiger partial charge >= 0.3 is 0 Å². The van der Waals surface area contributed by atoms with E-state index in [0.717, 1.165) is 5.56 Å². The van der Waals surface area contributed by atoms with Gasteiger partial charge in [0.15, 0.2) is 17.7 Å². The zero-order chi connectivity index (χ0) is 19.3. The maximum Gasteiger partial charge on any atom is 0.275 e. The molecule has 140 valence electrons. The highest BCUT2D eigenvalue weighted by Gasteiger charge is 2.20. The number of hydrogen-bond donors (Lipinski definition) is 2. The second-order valence-electron chi connectivity index (χ2n) is 6.01. The van der Waals surface area contributed by atoms with Crippen molar-refractivity contribution in [1.29, 1.82) is 0 Å². The summed E-state index contributed by atoms with van der Waals surface area (Å²) >= 11 is 0. The molecule has 6 nitrogen and oxygen atoms in total. The van der Waals surface area contributed by atoms with Crippen molar-refractivity contribution in [2.45, 2.75) is 37.7 Å². The van der Waals surface area contributed by atoms with Gasteiger partial charge < -0.3 is 4.74 Å². The fourth-order valence-corrected chi connectivity index (χ4v) is 2.94. The largest absolute Gasteiger partial charge is 0.478 e. The number of nitrogens with one attached hydrogen (secondary N) is 2. The lowest BCUT2D eigenvalue weighted by molar-refractivity contribution is -0.127. The second kappa shape index (κ2) is 8.29. The molecule has 1 atom stereocenters. The molecule has 0 unspecified atom stereocenters. The van der Waals surface area contributed by atoms with Crippen molar-refractivity contribution < 1.29 is 22.3 Å². The molecule has 0 aromatic heterocycles. The van der Waals surface area contributed by atoms with E-state index < -0.39 is 27.9 Å². The number of rotatable bonds is 7. The summed E-state index contributed by atoms with van der Waals surface area (Å²) in [5.41, 5.74) is 3.07. The molecule has 2 N–H and O–H groups in total. The Morgan fingerprint density at radius 1 is 1.04 bits per heavy atom. The van der Waals surface area contributed by atoms with Crippen LogP contribution in [0.4, 0.5) is 4.39 Å². The summed E-state index contributed by atoms with van der Waals surface area (Å²) in [5, 5.41) is 0. The van der Waals surface area contributed by atoms with Crippen LogP contribution in [0.5, 0.6) is 5.75 Å². The van der Waals surface area contributed by atoms with Crippen LogP contribution < -0.4 is 15.0 Å². The van der Waals surface area contributed by atoms with Gasteiger partial charge in [0.25, 0.3) is 15.9 Å². The van der Waals surface area contributed by atoms with Crippen LogP contribution in [0.3, 0.4) is 0 Å². The lowest BCUT2D eigenvalue weighted by Gasteiger charge is -2.15. The van der Waals surface area contributed by atoms with Crippen molar-refractivity contribution in [2.75, 3.05) is 0 Å². The number of ether oxygens (including phenoxy) is 1. The first-order chi connectivity index (χ1) is 12.2. The van der Waals surface area contributed by atoms with E-state index in [1.54, 1.807) is 18.2 Å². The van der Waals surface area contributed by atoms with Crippen LogP contribution in [0.25, 0.3) is 0 Å². The van der Waals surface area contributed by atoms with E-state index in [1.165, 1.54) is 37.3 Å². The molecule has 1 amide bonds. The highest BCUT2D eigenvalue weighted by atomic mass is 32.2. The van der Waals surface area contributed by atoms with E-state index in [4.69, 9.17) is 4.74 Å². The molecule has 0 heterocycles. The molecule has 0 aliphatic rings. The van der Waals surface area contributed by atoms with Gasteiger partial charge in [-0.2, -0.15) is 0 Å². The third-order valence-corrected chi connectivity index (χ3v) is 4.94. The van der Waals surface area contributed by atoms with E-state index in [0.29, 0.717) is 0 Å². The van der Waals surface area contributed by atoms with Gasteiger partial charge in [-0.25, -0.2) is 12.8 Å². The van der Waals surface area contributed by atoms with Crippen LogP contribution in [-0.2, 0) is 14.8 Å². The average Bonchev–Trinajstić information content (AvgIpc) is 2.61. The van der Waals surface area contributed by atoms with Gasteiger partial charge in [0.2, 0.25) is 0 Å². The molecule has 0 aliphatic carbocycles.